The summed E-state index contributed by atoms with van der Waals surface area (Å²) >= 11 is 13.6. The van der Waals surface area contributed by atoms with E-state index in [0.29, 0.717) is 33.9 Å². The van der Waals surface area contributed by atoms with E-state index >= 15 is 0 Å². The monoisotopic (exact) mass is 434 g/mol. The lowest BCUT2D eigenvalue weighted by molar-refractivity contribution is -0.126. The third-order valence-electron chi connectivity index (χ3n) is 4.60. The predicted octanol–water partition coefficient (Wildman–Crippen LogP) is 2.77. The molecule has 10 heteroatoms. The van der Waals surface area contributed by atoms with Crippen LogP contribution in [0.5, 0.6) is 0 Å². The van der Waals surface area contributed by atoms with Crippen molar-refractivity contribution in [1.82, 2.24) is 0 Å². The molecule has 3 atom stereocenters. The van der Waals surface area contributed by atoms with Crippen LogP contribution in [0.1, 0.15) is 12.8 Å². The summed E-state index contributed by atoms with van der Waals surface area (Å²) in [5, 5.41) is 1.18. The van der Waals surface area contributed by atoms with Crippen LogP contribution in [0.4, 0.5) is 5.69 Å². The van der Waals surface area contributed by atoms with E-state index in [1.807, 2.05) is 0 Å². The molecule has 1 amide bonds. The van der Waals surface area contributed by atoms with Gasteiger partial charge in [0.05, 0.1) is 17.5 Å². The van der Waals surface area contributed by atoms with E-state index in [1.165, 1.54) is 11.8 Å². The van der Waals surface area contributed by atoms with Crippen LogP contribution >= 0.6 is 35.0 Å². The fraction of sp³-hybridized carbons (Fsp3) is 0.500. The number of nitrogens with zero attached hydrogens (tertiary/aromatic N) is 2. The van der Waals surface area contributed by atoms with E-state index in [4.69, 9.17) is 27.9 Å². The molecule has 1 aromatic rings. The van der Waals surface area contributed by atoms with Crippen molar-refractivity contribution in [2.75, 3.05) is 23.0 Å². The second-order valence-corrected chi connectivity index (χ2v) is 10.8. The molecule has 0 bridgehead atoms. The van der Waals surface area contributed by atoms with Crippen molar-refractivity contribution in [2.24, 2.45) is 4.99 Å². The van der Waals surface area contributed by atoms with Crippen molar-refractivity contribution < 1.29 is 17.9 Å². The van der Waals surface area contributed by atoms with Gasteiger partial charge in [0.2, 0.25) is 0 Å². The molecule has 3 aliphatic heterocycles. The molecule has 6 nitrogen and oxygen atoms in total. The second-order valence-electron chi connectivity index (χ2n) is 6.53. The Kier molecular flexibility index (Phi) is 4.98. The Morgan fingerprint density at radius 2 is 1.96 bits per heavy atom. The molecule has 3 heterocycles. The van der Waals surface area contributed by atoms with Crippen LogP contribution in [-0.2, 0) is 19.4 Å². The molecule has 0 spiro atoms. The molecular weight excluding hydrogens is 419 g/mol. The topological polar surface area (TPSA) is 76.0 Å². The normalized spacial score (nSPS) is 31.5. The van der Waals surface area contributed by atoms with Gasteiger partial charge >= 0.3 is 0 Å². The Labute approximate surface area is 165 Å². The quantitative estimate of drug-likeness (QED) is 0.711. The van der Waals surface area contributed by atoms with Crippen LogP contribution in [0, 0.1) is 0 Å². The number of carbonyl (C=O) groups is 1. The first-order valence-corrected chi connectivity index (χ1v) is 11.6. The standard InChI is InChI=1S/C16H16Cl2N2O4S2/c17-9-4-10(18)6-11(5-9)20-12-7-26(22,23)8-14(12)25-16(20)19-15(21)13-2-1-3-24-13/h4-6,12-14H,1-3,7-8H2/t12-,13+,14+/m1/s1. The second kappa shape index (κ2) is 6.98. The van der Waals surface area contributed by atoms with Gasteiger partial charge in [-0.3, -0.25) is 4.79 Å². The Morgan fingerprint density at radius 1 is 1.23 bits per heavy atom. The zero-order chi connectivity index (χ0) is 18.5. The molecule has 3 saturated heterocycles. The lowest BCUT2D eigenvalue weighted by Gasteiger charge is -2.25. The highest BCUT2D eigenvalue weighted by Gasteiger charge is 2.49. The molecular formula is C16H16Cl2N2O4S2. The van der Waals surface area contributed by atoms with Crippen molar-refractivity contribution in [3.05, 3.63) is 28.2 Å². The van der Waals surface area contributed by atoms with E-state index in [1.54, 1.807) is 23.1 Å². The molecule has 26 heavy (non-hydrogen) atoms. The average molecular weight is 435 g/mol. The number of amides is 1. The van der Waals surface area contributed by atoms with E-state index in [2.05, 4.69) is 4.99 Å². The van der Waals surface area contributed by atoms with Crippen molar-refractivity contribution in [2.45, 2.75) is 30.2 Å². The number of hydrogen-bond donors (Lipinski definition) is 0. The minimum atomic E-state index is -3.13. The summed E-state index contributed by atoms with van der Waals surface area (Å²) in [5.74, 6) is -0.242. The highest BCUT2D eigenvalue weighted by atomic mass is 35.5. The molecule has 0 saturated carbocycles. The number of rotatable bonds is 2. The summed E-state index contributed by atoms with van der Waals surface area (Å²) in [7, 11) is -3.13. The summed E-state index contributed by atoms with van der Waals surface area (Å²) in [6.45, 7) is 0.561. The molecule has 0 radical (unpaired) electrons. The van der Waals surface area contributed by atoms with Crippen LogP contribution in [0.2, 0.25) is 10.0 Å². The molecule has 0 N–H and O–H groups in total. The van der Waals surface area contributed by atoms with Gasteiger partial charge in [-0.05, 0) is 31.0 Å². The number of ether oxygens (including phenoxy) is 1. The maximum atomic E-state index is 12.4. The highest BCUT2D eigenvalue weighted by Crippen LogP contribution is 2.42. The number of halogens is 2. The minimum absolute atomic E-state index is 0.0158. The van der Waals surface area contributed by atoms with Gasteiger partial charge in [-0.15, -0.1) is 0 Å². The number of hydrogen-bond acceptors (Lipinski definition) is 5. The molecule has 0 aromatic heterocycles. The minimum Gasteiger partial charge on any atom is -0.368 e. The highest BCUT2D eigenvalue weighted by molar-refractivity contribution is 8.16. The third kappa shape index (κ3) is 3.62. The van der Waals surface area contributed by atoms with Crippen molar-refractivity contribution in [3.63, 3.8) is 0 Å². The van der Waals surface area contributed by atoms with Crippen molar-refractivity contribution in [1.29, 1.82) is 0 Å². The Morgan fingerprint density at radius 3 is 2.62 bits per heavy atom. The van der Waals surface area contributed by atoms with Gasteiger partial charge in [0.1, 0.15) is 6.10 Å². The van der Waals surface area contributed by atoms with Gasteiger partial charge in [-0.1, -0.05) is 35.0 Å². The maximum Gasteiger partial charge on any atom is 0.277 e. The number of aliphatic imine (C=N–C) groups is 1. The largest absolute Gasteiger partial charge is 0.368 e. The molecule has 0 aliphatic carbocycles. The summed E-state index contributed by atoms with van der Waals surface area (Å²) in [6.07, 6.45) is 0.979. The smallest absolute Gasteiger partial charge is 0.277 e. The van der Waals surface area contributed by atoms with Crippen LogP contribution in [0.3, 0.4) is 0 Å². The van der Waals surface area contributed by atoms with Gasteiger partial charge in [-0.25, -0.2) is 8.42 Å². The Bertz CT molecular complexity index is 864. The van der Waals surface area contributed by atoms with Crippen LogP contribution in [0.15, 0.2) is 23.2 Å². The number of fused-ring (bicyclic) bond motifs is 1. The SMILES string of the molecule is O=C(N=C1S[C@H]2CS(=O)(=O)C[C@H]2N1c1cc(Cl)cc(Cl)c1)[C@@H]1CCCO1. The first kappa shape index (κ1) is 18.6. The van der Waals surface area contributed by atoms with E-state index in [0.717, 1.165) is 6.42 Å². The van der Waals surface area contributed by atoms with E-state index in [-0.39, 0.29) is 28.7 Å². The summed E-state index contributed by atoms with van der Waals surface area (Å²) in [4.78, 5) is 18.5. The van der Waals surface area contributed by atoms with Crippen LogP contribution < -0.4 is 4.90 Å². The Balaban J connectivity index is 1.72. The molecule has 4 rings (SSSR count). The fourth-order valence-corrected chi connectivity index (χ4v) is 7.92. The molecule has 140 valence electrons. The van der Waals surface area contributed by atoms with Gasteiger partial charge in [-0.2, -0.15) is 4.99 Å². The van der Waals surface area contributed by atoms with Crippen molar-refractivity contribution >= 4 is 61.6 Å². The fourth-order valence-electron chi connectivity index (χ4n) is 3.48. The third-order valence-corrected chi connectivity index (χ3v) is 8.25. The molecule has 1 aromatic carbocycles. The van der Waals surface area contributed by atoms with E-state index in [9.17, 15) is 13.2 Å². The number of carbonyl (C=O) groups excluding carboxylic acids is 1. The van der Waals surface area contributed by atoms with Gasteiger partial charge in [0.25, 0.3) is 5.91 Å². The number of amidine groups is 1. The number of thioether (sulfide) groups is 1. The predicted molar refractivity (Wildman–Crippen MR) is 104 cm³/mol. The first-order chi connectivity index (χ1) is 12.3. The van der Waals surface area contributed by atoms with Gasteiger partial charge in [0, 0.05) is 27.6 Å². The molecule has 3 fully saturated rings. The van der Waals surface area contributed by atoms with Crippen LogP contribution in [-0.4, -0.2) is 55.0 Å². The molecule has 0 unspecified atom stereocenters. The molecule has 3 aliphatic rings. The average Bonchev–Trinajstić information content (AvgIpc) is 3.20. The van der Waals surface area contributed by atoms with Crippen LogP contribution in [0.25, 0.3) is 0 Å². The lowest BCUT2D eigenvalue weighted by atomic mass is 10.2. The van der Waals surface area contributed by atoms with Crippen molar-refractivity contribution in [3.8, 4) is 0 Å². The lowest BCUT2D eigenvalue weighted by Crippen LogP contribution is -2.38. The maximum absolute atomic E-state index is 12.4. The number of sulfone groups is 1. The van der Waals surface area contributed by atoms with Gasteiger partial charge in [0.15, 0.2) is 15.0 Å². The summed E-state index contributed by atoms with van der Waals surface area (Å²) < 4.78 is 29.6. The number of benzene rings is 1. The zero-order valence-corrected chi connectivity index (χ0v) is 16.7. The first-order valence-electron chi connectivity index (χ1n) is 8.19. The summed E-state index contributed by atoms with van der Waals surface area (Å²) in [5.41, 5.74) is 0.637. The number of anilines is 1. The van der Waals surface area contributed by atoms with E-state index < -0.39 is 15.9 Å². The van der Waals surface area contributed by atoms with Gasteiger partial charge < -0.3 is 9.64 Å². The Hall–Kier alpha value is -0.800. The zero-order valence-electron chi connectivity index (χ0n) is 13.6. The summed E-state index contributed by atoms with van der Waals surface area (Å²) in [6, 6.07) is 4.71.